The fourth-order valence-corrected chi connectivity index (χ4v) is 1.81. The molecule has 0 aromatic heterocycles. The minimum absolute atomic E-state index is 0. The maximum absolute atomic E-state index is 2.39. The Morgan fingerprint density at radius 1 is 0.565 bits per heavy atom. The van der Waals surface area contributed by atoms with Crippen LogP contribution in [0.4, 0.5) is 0 Å². The van der Waals surface area contributed by atoms with Crippen molar-refractivity contribution in [1.82, 2.24) is 9.80 Å². The molecule has 23 heavy (non-hydrogen) atoms. The molecule has 0 aromatic carbocycles. The fraction of sp³-hybridized carbons (Fsp3) is 0.905. The molecule has 0 amide bonds. The molecule has 0 aliphatic carbocycles. The lowest BCUT2D eigenvalue weighted by atomic mass is 10.1. The van der Waals surface area contributed by atoms with Crippen LogP contribution in [0.5, 0.6) is 0 Å². The molecule has 2 aliphatic heterocycles. The lowest BCUT2D eigenvalue weighted by molar-refractivity contribution is 0.277. The molecule has 2 aliphatic rings. The molecule has 2 heteroatoms. The van der Waals surface area contributed by atoms with Crippen molar-refractivity contribution in [2.45, 2.75) is 88.5 Å². The summed E-state index contributed by atoms with van der Waals surface area (Å²) >= 11 is 0. The van der Waals surface area contributed by atoms with Gasteiger partial charge in [-0.2, -0.15) is 0 Å². The predicted molar refractivity (Wildman–Crippen MR) is 115 cm³/mol. The van der Waals surface area contributed by atoms with Gasteiger partial charge in [0.1, 0.15) is 0 Å². The van der Waals surface area contributed by atoms with E-state index >= 15 is 0 Å². The fourth-order valence-electron chi connectivity index (χ4n) is 1.81. The van der Waals surface area contributed by atoms with Crippen LogP contribution in [-0.2, 0) is 0 Å². The van der Waals surface area contributed by atoms with Gasteiger partial charge >= 0.3 is 0 Å². The van der Waals surface area contributed by atoms with Gasteiger partial charge in [0.25, 0.3) is 0 Å². The van der Waals surface area contributed by atoms with Crippen LogP contribution < -0.4 is 0 Å². The predicted octanol–water partition coefficient (Wildman–Crippen LogP) is 6.72. The van der Waals surface area contributed by atoms with Crippen LogP contribution in [0.15, 0.2) is 12.2 Å². The van der Waals surface area contributed by atoms with E-state index in [1.807, 2.05) is 55.4 Å². The second-order valence-corrected chi connectivity index (χ2v) is 4.39. The molecular weight excluding hydrogens is 280 g/mol. The van der Waals surface area contributed by atoms with Crippen LogP contribution in [0.1, 0.15) is 88.5 Å². The second-order valence-electron chi connectivity index (χ2n) is 4.39. The van der Waals surface area contributed by atoms with Gasteiger partial charge in [0.15, 0.2) is 0 Å². The van der Waals surface area contributed by atoms with Crippen LogP contribution in [-0.4, -0.2) is 50.1 Å². The average molecular weight is 333 g/mol. The van der Waals surface area contributed by atoms with Gasteiger partial charge in [-0.05, 0) is 46.4 Å². The van der Waals surface area contributed by atoms with E-state index < -0.39 is 0 Å². The first-order valence-electron chi connectivity index (χ1n) is 9.81. The quantitative estimate of drug-likeness (QED) is 0.454. The summed E-state index contributed by atoms with van der Waals surface area (Å²) in [7, 11) is 4.34. The van der Waals surface area contributed by atoms with Crippen molar-refractivity contribution < 1.29 is 0 Å². The van der Waals surface area contributed by atoms with Crippen molar-refractivity contribution in [2.24, 2.45) is 0 Å². The highest BCUT2D eigenvalue weighted by atomic mass is 15.1. The molecule has 0 N–H and O–H groups in total. The molecule has 2 nitrogen and oxygen atoms in total. The molecular formula is C21H52N2. The average Bonchev–Trinajstić information content (AvgIpc) is 2.64. The Hall–Kier alpha value is -0.340. The standard InChI is InChI=1S/C6H13N.C6H11N.4C2H6.CH4/c2*1-7-5-3-2-4-6-7;4*1-2;/h2-6H2,1H3;2-3H,4-6H2,1H3;4*1-2H3;1H4. The Kier molecular flexibility index (Phi) is 55.9. The van der Waals surface area contributed by atoms with Crippen molar-refractivity contribution in [3.8, 4) is 0 Å². The van der Waals surface area contributed by atoms with Gasteiger partial charge in [-0.1, -0.05) is 81.4 Å². The Labute approximate surface area is 151 Å². The summed E-state index contributed by atoms with van der Waals surface area (Å²) in [5.74, 6) is 0. The molecule has 2 rings (SSSR count). The summed E-state index contributed by atoms with van der Waals surface area (Å²) in [5.41, 5.74) is 0. The highest BCUT2D eigenvalue weighted by molar-refractivity contribution is 4.89. The van der Waals surface area contributed by atoms with Gasteiger partial charge in [0.05, 0.1) is 0 Å². The first-order chi connectivity index (χ1) is 10.8. The second kappa shape index (κ2) is 37.7. The highest BCUT2D eigenvalue weighted by Gasteiger charge is 2.02. The SMILES string of the molecule is C.CC.CC.CC.CC.CN1CC=CCC1.CN1CCCCC1. The van der Waals surface area contributed by atoms with Crippen molar-refractivity contribution in [3.05, 3.63) is 12.2 Å². The molecule has 0 saturated carbocycles. The zero-order valence-electron chi connectivity index (χ0n) is 17.7. The molecule has 0 unspecified atom stereocenters. The number of piperidine rings is 1. The monoisotopic (exact) mass is 332 g/mol. The lowest BCUT2D eigenvalue weighted by Gasteiger charge is -2.20. The number of likely N-dealkylation sites (tertiary alicyclic amines) is 1. The minimum Gasteiger partial charge on any atom is -0.306 e. The molecule has 0 bridgehead atoms. The third kappa shape index (κ3) is 34.1. The first kappa shape index (κ1) is 34.1. The molecule has 146 valence electrons. The van der Waals surface area contributed by atoms with Crippen LogP contribution >= 0.6 is 0 Å². The number of hydrogen-bond donors (Lipinski definition) is 0. The Morgan fingerprint density at radius 3 is 1.17 bits per heavy atom. The smallest absolute Gasteiger partial charge is 0.0160 e. The molecule has 0 radical (unpaired) electrons. The first-order valence-corrected chi connectivity index (χ1v) is 9.81. The van der Waals surface area contributed by atoms with Crippen molar-refractivity contribution >= 4 is 0 Å². The zero-order chi connectivity index (χ0) is 18.2. The number of nitrogens with zero attached hydrogens (tertiary/aromatic N) is 2. The summed E-state index contributed by atoms with van der Waals surface area (Å²) in [6.07, 6.45) is 9.96. The van der Waals surface area contributed by atoms with Gasteiger partial charge < -0.3 is 9.80 Å². The largest absolute Gasteiger partial charge is 0.306 e. The van der Waals surface area contributed by atoms with E-state index in [9.17, 15) is 0 Å². The normalized spacial score (nSPS) is 15.7. The van der Waals surface area contributed by atoms with Crippen LogP contribution in [0, 0.1) is 0 Å². The summed E-state index contributed by atoms with van der Waals surface area (Å²) in [6, 6.07) is 0. The van der Waals surface area contributed by atoms with E-state index in [1.165, 1.54) is 45.3 Å². The molecule has 0 atom stereocenters. The Balaban J connectivity index is -0.0000000639. The summed E-state index contributed by atoms with van der Waals surface area (Å²) in [6.45, 7) is 21.0. The number of hydrogen-bond acceptors (Lipinski definition) is 2. The van der Waals surface area contributed by atoms with Gasteiger partial charge in [-0.3, -0.25) is 0 Å². The lowest BCUT2D eigenvalue weighted by Crippen LogP contribution is -2.24. The zero-order valence-corrected chi connectivity index (χ0v) is 17.7. The number of rotatable bonds is 0. The van der Waals surface area contributed by atoms with E-state index in [2.05, 4.69) is 36.0 Å². The maximum Gasteiger partial charge on any atom is 0.0160 e. The van der Waals surface area contributed by atoms with Crippen molar-refractivity contribution in [2.75, 3.05) is 40.3 Å². The van der Waals surface area contributed by atoms with E-state index in [0.29, 0.717) is 0 Å². The molecule has 1 fully saturated rings. The summed E-state index contributed by atoms with van der Waals surface area (Å²) in [5, 5.41) is 0. The van der Waals surface area contributed by atoms with Crippen LogP contribution in [0.25, 0.3) is 0 Å². The topological polar surface area (TPSA) is 6.48 Å². The maximum atomic E-state index is 2.39. The van der Waals surface area contributed by atoms with E-state index in [4.69, 9.17) is 0 Å². The van der Waals surface area contributed by atoms with E-state index in [-0.39, 0.29) is 7.43 Å². The van der Waals surface area contributed by atoms with Crippen LogP contribution in [0.3, 0.4) is 0 Å². The van der Waals surface area contributed by atoms with Gasteiger partial charge in [-0.15, -0.1) is 0 Å². The summed E-state index contributed by atoms with van der Waals surface area (Å²) < 4.78 is 0. The van der Waals surface area contributed by atoms with E-state index in [0.717, 1.165) is 6.54 Å². The van der Waals surface area contributed by atoms with Crippen LogP contribution in [0.2, 0.25) is 0 Å². The van der Waals surface area contributed by atoms with Gasteiger partial charge in [0, 0.05) is 13.1 Å². The molecule has 1 saturated heterocycles. The number of likely N-dealkylation sites (N-methyl/N-ethyl adjacent to an activating group) is 1. The van der Waals surface area contributed by atoms with Crippen molar-refractivity contribution in [1.29, 1.82) is 0 Å². The molecule has 0 aromatic rings. The highest BCUT2D eigenvalue weighted by Crippen LogP contribution is 2.04. The summed E-state index contributed by atoms with van der Waals surface area (Å²) in [4.78, 5) is 4.70. The third-order valence-electron chi connectivity index (χ3n) is 2.84. The minimum atomic E-state index is 0. The Bertz CT molecular complexity index is 161. The Morgan fingerprint density at radius 2 is 1.00 bits per heavy atom. The molecule has 2 heterocycles. The van der Waals surface area contributed by atoms with E-state index in [1.54, 1.807) is 0 Å². The van der Waals surface area contributed by atoms with Gasteiger partial charge in [-0.25, -0.2) is 0 Å². The van der Waals surface area contributed by atoms with Crippen molar-refractivity contribution in [3.63, 3.8) is 0 Å². The van der Waals surface area contributed by atoms with Gasteiger partial charge in [0.2, 0.25) is 0 Å². The molecule has 0 spiro atoms. The third-order valence-corrected chi connectivity index (χ3v) is 2.84.